The van der Waals surface area contributed by atoms with Crippen molar-refractivity contribution in [3.63, 3.8) is 0 Å². The van der Waals surface area contributed by atoms with Crippen LogP contribution >= 0.6 is 22.9 Å². The maximum absolute atomic E-state index is 13.6. The maximum atomic E-state index is 13.6. The zero-order valence-electron chi connectivity index (χ0n) is 16.0. The average molecular weight is 437 g/mol. The summed E-state index contributed by atoms with van der Waals surface area (Å²) in [4.78, 5) is 18.7. The highest BCUT2D eigenvalue weighted by Crippen LogP contribution is 2.35. The summed E-state index contributed by atoms with van der Waals surface area (Å²) >= 11 is 7.47. The van der Waals surface area contributed by atoms with Crippen LogP contribution in [0.25, 0.3) is 11.1 Å². The van der Waals surface area contributed by atoms with Crippen LogP contribution in [-0.2, 0) is 13.0 Å². The van der Waals surface area contributed by atoms with Crippen LogP contribution in [0.3, 0.4) is 0 Å². The smallest absolute Gasteiger partial charge is 0.349 e. The molecule has 5 rings (SSSR count). The molecule has 2 aromatic carbocycles. The predicted octanol–water partition coefficient (Wildman–Crippen LogP) is 4.20. The van der Waals surface area contributed by atoms with E-state index in [9.17, 15) is 9.90 Å². The van der Waals surface area contributed by atoms with E-state index < -0.39 is 0 Å². The Labute approximate surface area is 182 Å². The minimum absolute atomic E-state index is 0.00397. The van der Waals surface area contributed by atoms with Crippen LogP contribution in [0.5, 0.6) is 5.88 Å². The number of thiazole rings is 1. The van der Waals surface area contributed by atoms with Gasteiger partial charge in [-0.2, -0.15) is 9.13 Å². The highest BCUT2D eigenvalue weighted by atomic mass is 35.5. The van der Waals surface area contributed by atoms with Gasteiger partial charge in [-0.3, -0.25) is 0 Å². The van der Waals surface area contributed by atoms with Gasteiger partial charge in [-0.25, -0.2) is 9.78 Å². The predicted molar refractivity (Wildman–Crippen MR) is 117 cm³/mol. The Morgan fingerprint density at radius 2 is 1.83 bits per heavy atom. The number of aromatic hydroxyl groups is 1. The van der Waals surface area contributed by atoms with E-state index in [1.165, 1.54) is 11.3 Å². The lowest BCUT2D eigenvalue weighted by Gasteiger charge is -2.14. The highest BCUT2D eigenvalue weighted by Gasteiger charge is 2.39. The van der Waals surface area contributed by atoms with Crippen LogP contribution in [0.4, 0.5) is 0 Å². The van der Waals surface area contributed by atoms with Crippen molar-refractivity contribution in [1.82, 2.24) is 9.55 Å². The minimum Gasteiger partial charge on any atom is -0.477 e. The van der Waals surface area contributed by atoms with Crippen molar-refractivity contribution in [3.8, 4) is 17.0 Å². The van der Waals surface area contributed by atoms with Crippen molar-refractivity contribution in [2.45, 2.75) is 25.4 Å². The fourth-order valence-electron chi connectivity index (χ4n) is 4.17. The number of halogens is 1. The monoisotopic (exact) mass is 436 g/mol. The lowest BCUT2D eigenvalue weighted by molar-refractivity contribution is -0.704. The van der Waals surface area contributed by atoms with Crippen LogP contribution in [0, 0.1) is 0 Å². The second-order valence-electron chi connectivity index (χ2n) is 7.30. The van der Waals surface area contributed by atoms with Gasteiger partial charge in [0, 0.05) is 12.6 Å². The van der Waals surface area contributed by atoms with Crippen molar-refractivity contribution >= 4 is 22.9 Å². The number of nitrogens with zero attached hydrogens (tertiary/aromatic N) is 3. The van der Waals surface area contributed by atoms with Gasteiger partial charge in [-0.05, 0) is 11.1 Å². The van der Waals surface area contributed by atoms with Gasteiger partial charge in [0.25, 0.3) is 11.7 Å². The molecule has 4 aromatic rings. The third-order valence-electron chi connectivity index (χ3n) is 5.52. The molecule has 2 aromatic heterocycles. The normalized spacial score (nSPS) is 15.3. The number of rotatable bonds is 4. The number of benzene rings is 2. The van der Waals surface area contributed by atoms with Gasteiger partial charge in [0.15, 0.2) is 10.0 Å². The van der Waals surface area contributed by atoms with Crippen molar-refractivity contribution in [2.75, 3.05) is 0 Å². The van der Waals surface area contributed by atoms with Gasteiger partial charge in [-0.15, -0.1) is 11.3 Å². The van der Waals surface area contributed by atoms with Crippen molar-refractivity contribution in [3.05, 3.63) is 97.9 Å². The first-order chi connectivity index (χ1) is 14.6. The SMILES string of the molecule is O=c1c(-c2ccccc2)c(O)[n+](Cc2ccccc2)c2n1C(c1cnc(Cl)s1)CC2. The molecule has 3 heterocycles. The zero-order chi connectivity index (χ0) is 20.7. The first-order valence-corrected chi connectivity index (χ1v) is 10.9. The van der Waals surface area contributed by atoms with Gasteiger partial charge in [-0.1, -0.05) is 72.3 Å². The number of aromatic nitrogens is 3. The quantitative estimate of drug-likeness (QED) is 0.488. The molecule has 0 saturated heterocycles. The molecular weight excluding hydrogens is 418 g/mol. The lowest BCUT2D eigenvalue weighted by atomic mass is 10.1. The maximum Gasteiger partial charge on any atom is 0.349 e. The van der Waals surface area contributed by atoms with Gasteiger partial charge >= 0.3 is 5.56 Å². The van der Waals surface area contributed by atoms with Crippen LogP contribution in [0.2, 0.25) is 4.47 Å². The standard InChI is InChI=1S/C23H18ClN3O2S/c24-23-25-13-18(30-23)17-11-12-19-26(14-15-7-3-1-4-8-15)21(28)20(22(29)27(17)19)16-9-5-2-6-10-16/h1-10,13,17H,11-12,14H2/p+1. The molecule has 1 atom stereocenters. The molecule has 0 aliphatic carbocycles. The van der Waals surface area contributed by atoms with Crippen molar-refractivity contribution in [2.24, 2.45) is 0 Å². The Morgan fingerprint density at radius 1 is 1.13 bits per heavy atom. The fraction of sp³-hybridized carbons (Fsp3) is 0.174. The van der Waals surface area contributed by atoms with E-state index >= 15 is 0 Å². The molecular formula is C23H19ClN3O2S+. The Bertz CT molecular complexity index is 1270. The molecule has 5 nitrogen and oxygen atoms in total. The molecule has 0 spiro atoms. The molecule has 30 heavy (non-hydrogen) atoms. The van der Waals surface area contributed by atoms with E-state index in [1.807, 2.05) is 69.8 Å². The van der Waals surface area contributed by atoms with E-state index in [0.29, 0.717) is 28.6 Å². The Hall–Kier alpha value is -2.96. The summed E-state index contributed by atoms with van der Waals surface area (Å²) in [6.07, 6.45) is 3.20. The summed E-state index contributed by atoms with van der Waals surface area (Å²) in [5.41, 5.74) is 1.88. The summed E-state index contributed by atoms with van der Waals surface area (Å²) in [5, 5.41) is 11.2. The molecule has 1 N–H and O–H groups in total. The van der Waals surface area contributed by atoms with Crippen LogP contribution in [0.15, 0.2) is 71.7 Å². The lowest BCUT2D eigenvalue weighted by Crippen LogP contribution is -2.45. The van der Waals surface area contributed by atoms with Gasteiger partial charge in [0.05, 0.1) is 11.3 Å². The molecule has 0 fully saturated rings. The van der Waals surface area contributed by atoms with E-state index in [2.05, 4.69) is 4.98 Å². The summed E-state index contributed by atoms with van der Waals surface area (Å²) in [7, 11) is 0. The van der Waals surface area contributed by atoms with E-state index in [1.54, 1.807) is 6.20 Å². The molecule has 0 radical (unpaired) electrons. The van der Waals surface area contributed by atoms with Gasteiger partial charge < -0.3 is 5.11 Å². The highest BCUT2D eigenvalue weighted by molar-refractivity contribution is 7.15. The molecule has 0 bridgehead atoms. The molecule has 1 aliphatic rings. The van der Waals surface area contributed by atoms with E-state index in [0.717, 1.165) is 22.7 Å². The summed E-state index contributed by atoms with van der Waals surface area (Å²) < 4.78 is 4.14. The van der Waals surface area contributed by atoms with Crippen LogP contribution in [0.1, 0.15) is 28.7 Å². The second-order valence-corrected chi connectivity index (χ2v) is 8.94. The van der Waals surface area contributed by atoms with Gasteiger partial charge in [0.1, 0.15) is 12.6 Å². The molecule has 0 saturated carbocycles. The van der Waals surface area contributed by atoms with Crippen molar-refractivity contribution < 1.29 is 9.67 Å². The van der Waals surface area contributed by atoms with Gasteiger partial charge in [0.2, 0.25) is 0 Å². The molecule has 7 heteroatoms. The van der Waals surface area contributed by atoms with Crippen LogP contribution < -0.4 is 10.1 Å². The van der Waals surface area contributed by atoms with E-state index in [4.69, 9.17) is 11.6 Å². The Balaban J connectivity index is 1.75. The Kier molecular flexibility index (Phi) is 4.89. The fourth-order valence-corrected chi connectivity index (χ4v) is 5.25. The number of hydrogen-bond acceptors (Lipinski definition) is 4. The summed E-state index contributed by atoms with van der Waals surface area (Å²) in [6.45, 7) is 0.484. The second kappa shape index (κ2) is 7.70. The van der Waals surface area contributed by atoms with Crippen molar-refractivity contribution in [1.29, 1.82) is 0 Å². The van der Waals surface area contributed by atoms with Crippen LogP contribution in [-0.4, -0.2) is 14.7 Å². The summed E-state index contributed by atoms with van der Waals surface area (Å²) in [6, 6.07) is 19.2. The Morgan fingerprint density at radius 3 is 2.50 bits per heavy atom. The third kappa shape index (κ3) is 3.22. The first kappa shape index (κ1) is 19.0. The van der Waals surface area contributed by atoms with E-state index in [-0.39, 0.29) is 17.5 Å². The average Bonchev–Trinajstić information content (AvgIpc) is 3.39. The number of fused-ring (bicyclic) bond motifs is 1. The molecule has 1 unspecified atom stereocenters. The molecule has 150 valence electrons. The first-order valence-electron chi connectivity index (χ1n) is 9.74. The zero-order valence-corrected chi connectivity index (χ0v) is 17.6. The minimum atomic E-state index is -0.190. The third-order valence-corrected chi connectivity index (χ3v) is 6.74. The largest absolute Gasteiger partial charge is 0.477 e. The molecule has 1 aliphatic heterocycles. The molecule has 0 amide bonds. The number of hydrogen-bond donors (Lipinski definition) is 1. The summed E-state index contributed by atoms with van der Waals surface area (Å²) in [5.74, 6) is 0.819. The topological polar surface area (TPSA) is 59.0 Å².